The van der Waals surface area contributed by atoms with Gasteiger partial charge in [0.25, 0.3) is 5.91 Å². The largest absolute Gasteiger partial charge is 0.420 e. The van der Waals surface area contributed by atoms with Gasteiger partial charge >= 0.3 is 6.18 Å². The summed E-state index contributed by atoms with van der Waals surface area (Å²) in [7, 11) is 0. The summed E-state index contributed by atoms with van der Waals surface area (Å²) in [5.74, 6) is -1.77. The minimum absolute atomic E-state index is 0.0431. The van der Waals surface area contributed by atoms with E-state index < -0.39 is 23.5 Å². The van der Waals surface area contributed by atoms with Gasteiger partial charge in [0.1, 0.15) is 17.1 Å². The highest BCUT2D eigenvalue weighted by atomic mass is 19.4. The van der Waals surface area contributed by atoms with Gasteiger partial charge in [0.2, 0.25) is 0 Å². The van der Waals surface area contributed by atoms with Gasteiger partial charge in [-0.25, -0.2) is 4.39 Å². The minimum Gasteiger partial charge on any atom is -0.346 e. The number of piperidine rings is 1. The molecule has 3 rings (SSSR count). The number of nitrogens with zero attached hydrogens (tertiary/aromatic N) is 2. The fourth-order valence-electron chi connectivity index (χ4n) is 2.95. The standard InChI is InChI=1S/C13H13F4N3O/c14-9-3-10(18-4-8(9)13(15,16)17)12(21)19-11-6-20-2-1-7(11)5-20/h3-4,7,11H,1-2,5-6H2,(H,19,21). The summed E-state index contributed by atoms with van der Waals surface area (Å²) in [4.78, 5) is 17.6. The number of hydrogen-bond acceptors (Lipinski definition) is 3. The summed E-state index contributed by atoms with van der Waals surface area (Å²) in [6.45, 7) is 2.64. The van der Waals surface area contributed by atoms with E-state index in [1.54, 1.807) is 0 Å². The number of halogens is 4. The molecule has 1 aromatic heterocycles. The van der Waals surface area contributed by atoms with Gasteiger partial charge in [0, 0.05) is 31.4 Å². The first kappa shape index (κ1) is 14.2. The van der Waals surface area contributed by atoms with Gasteiger partial charge in [0.15, 0.2) is 0 Å². The summed E-state index contributed by atoms with van der Waals surface area (Å²) >= 11 is 0. The van der Waals surface area contributed by atoms with Crippen LogP contribution in [0.25, 0.3) is 0 Å². The van der Waals surface area contributed by atoms with Crippen molar-refractivity contribution in [2.75, 3.05) is 19.6 Å². The molecule has 8 heteroatoms. The van der Waals surface area contributed by atoms with Crippen LogP contribution in [-0.4, -0.2) is 41.5 Å². The molecule has 1 N–H and O–H groups in total. The lowest BCUT2D eigenvalue weighted by Gasteiger charge is -2.23. The number of pyridine rings is 1. The highest BCUT2D eigenvalue weighted by molar-refractivity contribution is 5.92. The van der Waals surface area contributed by atoms with Crippen LogP contribution in [0, 0.1) is 11.7 Å². The van der Waals surface area contributed by atoms with E-state index in [1.807, 2.05) is 0 Å². The van der Waals surface area contributed by atoms with Crippen molar-refractivity contribution >= 4 is 5.91 Å². The van der Waals surface area contributed by atoms with Crippen molar-refractivity contribution in [1.29, 1.82) is 0 Å². The summed E-state index contributed by atoms with van der Waals surface area (Å²) < 4.78 is 50.7. The third-order valence-electron chi connectivity index (χ3n) is 4.04. The van der Waals surface area contributed by atoms with Crippen molar-refractivity contribution in [1.82, 2.24) is 15.2 Å². The molecule has 1 aromatic rings. The highest BCUT2D eigenvalue weighted by Gasteiger charge is 2.39. The second-order valence-corrected chi connectivity index (χ2v) is 5.44. The van der Waals surface area contributed by atoms with Gasteiger partial charge in [-0.2, -0.15) is 13.2 Å². The Morgan fingerprint density at radius 3 is 2.67 bits per heavy atom. The van der Waals surface area contributed by atoms with Crippen LogP contribution in [0.5, 0.6) is 0 Å². The van der Waals surface area contributed by atoms with Crippen molar-refractivity contribution in [3.05, 3.63) is 29.3 Å². The first-order valence-electron chi connectivity index (χ1n) is 6.60. The topological polar surface area (TPSA) is 45.2 Å². The van der Waals surface area contributed by atoms with Crippen molar-refractivity contribution in [2.24, 2.45) is 5.92 Å². The molecular formula is C13H13F4N3O. The van der Waals surface area contributed by atoms with Gasteiger partial charge in [-0.05, 0) is 18.9 Å². The predicted octanol–water partition coefficient (Wildman–Crippen LogP) is 1.67. The minimum atomic E-state index is -4.82. The molecule has 3 heterocycles. The molecule has 0 spiro atoms. The van der Waals surface area contributed by atoms with Gasteiger partial charge < -0.3 is 10.2 Å². The van der Waals surface area contributed by atoms with Gasteiger partial charge in [0.05, 0.1) is 0 Å². The number of carbonyl (C=O) groups excluding carboxylic acids is 1. The van der Waals surface area contributed by atoms with E-state index in [4.69, 9.17) is 0 Å². The molecule has 2 bridgehead atoms. The molecule has 114 valence electrons. The van der Waals surface area contributed by atoms with Crippen molar-refractivity contribution in [2.45, 2.75) is 18.6 Å². The van der Waals surface area contributed by atoms with Crippen LogP contribution >= 0.6 is 0 Å². The predicted molar refractivity (Wildman–Crippen MR) is 65.0 cm³/mol. The molecular weight excluding hydrogens is 290 g/mol. The van der Waals surface area contributed by atoms with Gasteiger partial charge in [-0.1, -0.05) is 0 Å². The lowest BCUT2D eigenvalue weighted by Crippen LogP contribution is -2.43. The summed E-state index contributed by atoms with van der Waals surface area (Å²) in [5.41, 5.74) is -1.80. The van der Waals surface area contributed by atoms with Crippen LogP contribution < -0.4 is 5.32 Å². The van der Waals surface area contributed by atoms with E-state index in [2.05, 4.69) is 15.2 Å². The zero-order chi connectivity index (χ0) is 15.2. The van der Waals surface area contributed by atoms with Gasteiger partial charge in [-0.3, -0.25) is 9.78 Å². The quantitative estimate of drug-likeness (QED) is 0.846. The maximum Gasteiger partial charge on any atom is 0.420 e. The first-order valence-corrected chi connectivity index (χ1v) is 6.60. The Morgan fingerprint density at radius 2 is 2.14 bits per heavy atom. The molecule has 2 saturated heterocycles. The van der Waals surface area contributed by atoms with Crippen LogP contribution in [-0.2, 0) is 6.18 Å². The summed E-state index contributed by atoms with van der Waals surface area (Å²) in [6, 6.07) is 0.490. The lowest BCUT2D eigenvalue weighted by atomic mass is 10.00. The third kappa shape index (κ3) is 2.72. The summed E-state index contributed by atoms with van der Waals surface area (Å²) in [5, 5.41) is 2.72. The van der Waals surface area contributed by atoms with Crippen molar-refractivity contribution in [3.8, 4) is 0 Å². The molecule has 21 heavy (non-hydrogen) atoms. The van der Waals surface area contributed by atoms with Gasteiger partial charge in [-0.15, -0.1) is 0 Å². The van der Waals surface area contributed by atoms with Crippen LogP contribution in [0.2, 0.25) is 0 Å². The molecule has 3 atom stereocenters. The Bertz CT molecular complexity index is 575. The van der Waals surface area contributed by atoms with Crippen LogP contribution in [0.3, 0.4) is 0 Å². The Labute approximate surface area is 118 Å². The number of hydrogen-bond donors (Lipinski definition) is 1. The maximum atomic E-state index is 13.4. The zero-order valence-electron chi connectivity index (χ0n) is 11.0. The fourth-order valence-corrected chi connectivity index (χ4v) is 2.95. The molecule has 1 amide bonds. The highest BCUT2D eigenvalue weighted by Crippen LogP contribution is 2.31. The smallest absolute Gasteiger partial charge is 0.346 e. The number of amides is 1. The van der Waals surface area contributed by atoms with E-state index in [9.17, 15) is 22.4 Å². The maximum absolute atomic E-state index is 13.4. The Morgan fingerprint density at radius 1 is 1.38 bits per heavy atom. The average Bonchev–Trinajstić information content (AvgIpc) is 2.99. The van der Waals surface area contributed by atoms with E-state index >= 15 is 0 Å². The number of carbonyl (C=O) groups is 1. The van der Waals surface area contributed by atoms with E-state index in [0.29, 0.717) is 18.2 Å². The second kappa shape index (κ2) is 4.94. The summed E-state index contributed by atoms with van der Waals surface area (Å²) in [6.07, 6.45) is -3.47. The Hall–Kier alpha value is -1.70. The lowest BCUT2D eigenvalue weighted by molar-refractivity contribution is -0.140. The van der Waals surface area contributed by atoms with Crippen LogP contribution in [0.4, 0.5) is 17.6 Å². The van der Waals surface area contributed by atoms with E-state index in [-0.39, 0.29) is 11.7 Å². The molecule has 3 unspecified atom stereocenters. The van der Waals surface area contributed by atoms with E-state index in [0.717, 1.165) is 26.1 Å². The average molecular weight is 303 g/mol. The second-order valence-electron chi connectivity index (χ2n) is 5.44. The molecule has 2 aliphatic heterocycles. The molecule has 0 aromatic carbocycles. The Balaban J connectivity index is 1.72. The number of alkyl halides is 3. The molecule has 2 aliphatic rings. The van der Waals surface area contributed by atoms with Crippen LogP contribution in [0.15, 0.2) is 12.3 Å². The van der Waals surface area contributed by atoms with E-state index in [1.165, 1.54) is 0 Å². The number of nitrogens with one attached hydrogen (secondary N) is 1. The van der Waals surface area contributed by atoms with Crippen molar-refractivity contribution < 1.29 is 22.4 Å². The van der Waals surface area contributed by atoms with Crippen molar-refractivity contribution in [3.63, 3.8) is 0 Å². The monoisotopic (exact) mass is 303 g/mol. The molecule has 2 fully saturated rings. The van der Waals surface area contributed by atoms with Crippen LogP contribution in [0.1, 0.15) is 22.5 Å². The molecule has 0 radical (unpaired) electrons. The SMILES string of the molecule is O=C(NC1CN2CCC1C2)c1cc(F)c(C(F)(F)F)cn1. The number of aromatic nitrogens is 1. The zero-order valence-corrected chi connectivity index (χ0v) is 11.0. The first-order chi connectivity index (χ1) is 9.84. The molecule has 0 aliphatic carbocycles. The Kier molecular flexibility index (Phi) is 3.35. The number of rotatable bonds is 2. The number of fused-ring (bicyclic) bond motifs is 2. The molecule has 0 saturated carbocycles. The third-order valence-corrected chi connectivity index (χ3v) is 4.04. The molecule has 4 nitrogen and oxygen atoms in total. The normalized spacial score (nSPS) is 27.9. The fraction of sp³-hybridized carbons (Fsp3) is 0.538.